The Bertz CT molecular complexity index is 601. The molecule has 0 saturated heterocycles. The lowest BCUT2D eigenvalue weighted by Gasteiger charge is -2.12. The van der Waals surface area contributed by atoms with Crippen LogP contribution in [0.25, 0.3) is 0 Å². The molecular weight excluding hydrogens is 256 g/mol. The van der Waals surface area contributed by atoms with Crippen LogP contribution in [0, 0.1) is 11.3 Å². The normalized spacial score (nSPS) is 14.5. The Hall–Kier alpha value is -1.83. The zero-order chi connectivity index (χ0) is 13.1. The summed E-state index contributed by atoms with van der Waals surface area (Å²) >= 11 is 1.70. The van der Waals surface area contributed by atoms with Crippen molar-refractivity contribution in [1.29, 1.82) is 5.26 Å². The van der Waals surface area contributed by atoms with E-state index in [2.05, 4.69) is 23.5 Å². The van der Waals surface area contributed by atoms with E-state index in [9.17, 15) is 5.26 Å². The summed E-state index contributed by atoms with van der Waals surface area (Å²) in [5, 5.41) is 14.7. The van der Waals surface area contributed by atoms with E-state index < -0.39 is 0 Å². The highest BCUT2D eigenvalue weighted by atomic mass is 32.1. The summed E-state index contributed by atoms with van der Waals surface area (Å²) in [6.45, 7) is 1.47. The summed E-state index contributed by atoms with van der Waals surface area (Å²) in [5.74, 6) is 0.957. The monoisotopic (exact) mass is 270 g/mol. The lowest BCUT2D eigenvalue weighted by atomic mass is 10.0. The number of thiophene rings is 1. The first-order valence-corrected chi connectivity index (χ1v) is 7.16. The van der Waals surface area contributed by atoms with Gasteiger partial charge in [-0.3, -0.25) is 5.32 Å². The average molecular weight is 270 g/mol. The van der Waals surface area contributed by atoms with E-state index in [0.29, 0.717) is 0 Å². The van der Waals surface area contributed by atoms with Crippen LogP contribution in [-0.2, 0) is 13.0 Å². The Labute approximate surface area is 116 Å². The molecule has 1 aliphatic rings. The highest BCUT2D eigenvalue weighted by molar-refractivity contribution is 7.09. The van der Waals surface area contributed by atoms with Crippen LogP contribution in [0.4, 0.5) is 0 Å². The molecule has 2 aromatic rings. The minimum Gasteiger partial charge on any atom is -0.493 e. The summed E-state index contributed by atoms with van der Waals surface area (Å²) in [6, 6.07) is 12.2. The molecule has 1 aromatic heterocycles. The van der Waals surface area contributed by atoms with Gasteiger partial charge in [-0.05, 0) is 34.7 Å². The van der Waals surface area contributed by atoms with Crippen molar-refractivity contribution >= 4 is 11.3 Å². The highest BCUT2D eigenvalue weighted by Crippen LogP contribution is 2.28. The SMILES string of the molecule is N#CC(NCc1cccs1)c1ccc2c(c1)CCO2. The van der Waals surface area contributed by atoms with Crippen molar-refractivity contribution in [3.8, 4) is 11.8 Å². The van der Waals surface area contributed by atoms with Gasteiger partial charge in [-0.15, -0.1) is 11.3 Å². The maximum absolute atomic E-state index is 9.32. The summed E-state index contributed by atoms with van der Waals surface area (Å²) < 4.78 is 5.48. The second-order valence-electron chi connectivity index (χ2n) is 4.49. The maximum atomic E-state index is 9.32. The fourth-order valence-electron chi connectivity index (χ4n) is 2.24. The predicted molar refractivity (Wildman–Crippen MR) is 75.2 cm³/mol. The van der Waals surface area contributed by atoms with Crippen molar-refractivity contribution in [2.24, 2.45) is 0 Å². The van der Waals surface area contributed by atoms with Crippen LogP contribution in [0.1, 0.15) is 22.0 Å². The van der Waals surface area contributed by atoms with Gasteiger partial charge in [0.1, 0.15) is 11.8 Å². The molecule has 1 aromatic carbocycles. The summed E-state index contributed by atoms with van der Waals surface area (Å²) in [7, 11) is 0. The molecular formula is C15H14N2OS. The summed E-state index contributed by atoms with van der Waals surface area (Å²) in [4.78, 5) is 1.24. The zero-order valence-electron chi connectivity index (χ0n) is 10.4. The maximum Gasteiger partial charge on any atom is 0.122 e. The van der Waals surface area contributed by atoms with Crippen molar-refractivity contribution in [2.45, 2.75) is 19.0 Å². The molecule has 0 bridgehead atoms. The first kappa shape index (κ1) is 12.2. The molecule has 0 saturated carbocycles. The second-order valence-corrected chi connectivity index (χ2v) is 5.52. The van der Waals surface area contributed by atoms with Crippen molar-refractivity contribution in [3.05, 3.63) is 51.7 Å². The van der Waals surface area contributed by atoms with Crippen molar-refractivity contribution in [3.63, 3.8) is 0 Å². The summed E-state index contributed by atoms with van der Waals surface area (Å²) in [6.07, 6.45) is 0.937. The number of hydrogen-bond donors (Lipinski definition) is 1. The van der Waals surface area contributed by atoms with Gasteiger partial charge in [-0.1, -0.05) is 12.1 Å². The van der Waals surface area contributed by atoms with Gasteiger partial charge in [-0.2, -0.15) is 5.26 Å². The van der Waals surface area contributed by atoms with E-state index >= 15 is 0 Å². The minimum atomic E-state index is -0.270. The van der Waals surface area contributed by atoms with Crippen LogP contribution >= 0.6 is 11.3 Å². The summed E-state index contributed by atoms with van der Waals surface area (Å²) in [5.41, 5.74) is 2.22. The topological polar surface area (TPSA) is 45.0 Å². The fraction of sp³-hybridized carbons (Fsp3) is 0.267. The number of ether oxygens (including phenoxy) is 1. The molecule has 0 fully saturated rings. The van der Waals surface area contributed by atoms with Crippen LogP contribution in [0.2, 0.25) is 0 Å². The molecule has 1 unspecified atom stereocenters. The van der Waals surface area contributed by atoms with Crippen LogP contribution in [0.5, 0.6) is 5.75 Å². The van der Waals surface area contributed by atoms with Crippen LogP contribution < -0.4 is 10.1 Å². The minimum absolute atomic E-state index is 0.270. The molecule has 0 aliphatic carbocycles. The van der Waals surface area contributed by atoms with E-state index in [0.717, 1.165) is 30.9 Å². The number of nitrogens with zero attached hydrogens (tertiary/aromatic N) is 1. The van der Waals surface area contributed by atoms with Crippen LogP contribution in [-0.4, -0.2) is 6.61 Å². The molecule has 19 heavy (non-hydrogen) atoms. The third-order valence-electron chi connectivity index (χ3n) is 3.24. The molecule has 0 radical (unpaired) electrons. The van der Waals surface area contributed by atoms with E-state index in [1.54, 1.807) is 11.3 Å². The molecule has 1 N–H and O–H groups in total. The third kappa shape index (κ3) is 2.62. The zero-order valence-corrected chi connectivity index (χ0v) is 11.2. The van der Waals surface area contributed by atoms with E-state index in [1.807, 2.05) is 23.6 Å². The van der Waals surface area contributed by atoms with Crippen LogP contribution in [0.3, 0.4) is 0 Å². The molecule has 4 heteroatoms. The first-order chi connectivity index (χ1) is 9.36. The lowest BCUT2D eigenvalue weighted by molar-refractivity contribution is 0.357. The first-order valence-electron chi connectivity index (χ1n) is 6.28. The molecule has 0 amide bonds. The Morgan fingerprint density at radius 3 is 3.16 bits per heavy atom. The number of hydrogen-bond acceptors (Lipinski definition) is 4. The molecule has 0 spiro atoms. The second kappa shape index (κ2) is 5.43. The van der Waals surface area contributed by atoms with Gasteiger partial charge in [0, 0.05) is 17.8 Å². The number of benzene rings is 1. The molecule has 96 valence electrons. The van der Waals surface area contributed by atoms with Gasteiger partial charge in [0.25, 0.3) is 0 Å². The van der Waals surface area contributed by atoms with Crippen molar-refractivity contribution in [1.82, 2.24) is 5.32 Å². The number of rotatable bonds is 4. The smallest absolute Gasteiger partial charge is 0.122 e. The molecule has 2 heterocycles. The number of nitriles is 1. The largest absolute Gasteiger partial charge is 0.493 e. The number of nitrogens with one attached hydrogen (secondary N) is 1. The van der Waals surface area contributed by atoms with Gasteiger partial charge < -0.3 is 4.74 Å². The lowest BCUT2D eigenvalue weighted by Crippen LogP contribution is -2.19. The molecule has 3 rings (SSSR count). The average Bonchev–Trinajstić information content (AvgIpc) is 3.09. The van der Waals surface area contributed by atoms with E-state index in [4.69, 9.17) is 4.74 Å². The van der Waals surface area contributed by atoms with Crippen molar-refractivity contribution < 1.29 is 4.74 Å². The van der Waals surface area contributed by atoms with Crippen LogP contribution in [0.15, 0.2) is 35.7 Å². The van der Waals surface area contributed by atoms with Gasteiger partial charge in [0.2, 0.25) is 0 Å². The number of fused-ring (bicyclic) bond motifs is 1. The van der Waals surface area contributed by atoms with Crippen molar-refractivity contribution in [2.75, 3.05) is 6.61 Å². The van der Waals surface area contributed by atoms with E-state index in [1.165, 1.54) is 10.4 Å². The van der Waals surface area contributed by atoms with Gasteiger partial charge >= 0.3 is 0 Å². The fourth-order valence-corrected chi connectivity index (χ4v) is 2.90. The Balaban J connectivity index is 1.73. The third-order valence-corrected chi connectivity index (χ3v) is 4.11. The molecule has 3 nitrogen and oxygen atoms in total. The Morgan fingerprint density at radius 1 is 1.42 bits per heavy atom. The Morgan fingerprint density at radius 2 is 2.37 bits per heavy atom. The standard InChI is InChI=1S/C15H14N2OS/c16-9-14(17-10-13-2-1-7-19-13)11-3-4-15-12(8-11)5-6-18-15/h1-4,7-8,14,17H,5-6,10H2. The van der Waals surface area contributed by atoms with Gasteiger partial charge in [0.15, 0.2) is 0 Å². The Kier molecular flexibility index (Phi) is 3.49. The predicted octanol–water partition coefficient (Wildman–Crippen LogP) is 3.04. The molecule has 1 aliphatic heterocycles. The quantitative estimate of drug-likeness (QED) is 0.928. The van der Waals surface area contributed by atoms with Gasteiger partial charge in [-0.25, -0.2) is 0 Å². The van der Waals surface area contributed by atoms with Gasteiger partial charge in [0.05, 0.1) is 12.7 Å². The molecule has 1 atom stereocenters. The highest BCUT2D eigenvalue weighted by Gasteiger charge is 2.16. The van der Waals surface area contributed by atoms with E-state index in [-0.39, 0.29) is 6.04 Å².